The maximum atomic E-state index is 11.7. The quantitative estimate of drug-likeness (QED) is 0.502. The molecule has 7 nitrogen and oxygen atoms in total. The van der Waals surface area contributed by atoms with Gasteiger partial charge in [0.1, 0.15) is 6.04 Å². The van der Waals surface area contributed by atoms with E-state index in [1.807, 2.05) is 0 Å². The molecule has 0 radical (unpaired) electrons. The maximum Gasteiger partial charge on any atom is 0.326 e. The van der Waals surface area contributed by atoms with Crippen LogP contribution in [-0.4, -0.2) is 28.9 Å². The third kappa shape index (κ3) is 5.07. The molecule has 0 aliphatic rings. The van der Waals surface area contributed by atoms with E-state index in [1.54, 1.807) is 24.3 Å². The van der Waals surface area contributed by atoms with Gasteiger partial charge in [-0.05, 0) is 17.7 Å². The Kier molecular flexibility index (Phi) is 4.87. The Balaban J connectivity index is 2.62. The summed E-state index contributed by atoms with van der Waals surface area (Å²) in [5.41, 5.74) is 11.6. The van der Waals surface area contributed by atoms with Crippen LogP contribution in [-0.2, 0) is 20.8 Å². The normalized spacial score (nSPS) is 11.6. The average Bonchev–Trinajstić information content (AvgIpc) is 2.27. The minimum Gasteiger partial charge on any atom is -0.480 e. The zero-order valence-electron chi connectivity index (χ0n) is 10.1. The van der Waals surface area contributed by atoms with Gasteiger partial charge in [0.25, 0.3) is 0 Å². The van der Waals surface area contributed by atoms with Crippen LogP contribution < -0.4 is 16.8 Å². The van der Waals surface area contributed by atoms with Crippen molar-refractivity contribution in [1.82, 2.24) is 5.32 Å². The molecular formula is C12H15N3O4. The Hall–Kier alpha value is -2.57. The zero-order valence-corrected chi connectivity index (χ0v) is 10.1. The van der Waals surface area contributed by atoms with Crippen molar-refractivity contribution in [3.05, 3.63) is 29.8 Å². The fourth-order valence-corrected chi connectivity index (χ4v) is 1.54. The van der Waals surface area contributed by atoms with Crippen LogP contribution in [0.1, 0.15) is 12.0 Å². The molecule has 6 N–H and O–H groups in total. The van der Waals surface area contributed by atoms with E-state index in [2.05, 4.69) is 5.32 Å². The van der Waals surface area contributed by atoms with E-state index in [0.29, 0.717) is 11.3 Å². The highest BCUT2D eigenvalue weighted by Gasteiger charge is 2.21. The van der Waals surface area contributed by atoms with Gasteiger partial charge in [-0.1, -0.05) is 12.1 Å². The Labute approximate surface area is 109 Å². The van der Waals surface area contributed by atoms with Crippen molar-refractivity contribution < 1.29 is 19.5 Å². The summed E-state index contributed by atoms with van der Waals surface area (Å²) in [4.78, 5) is 33.2. The summed E-state index contributed by atoms with van der Waals surface area (Å²) >= 11 is 0. The molecule has 2 amide bonds. The highest BCUT2D eigenvalue weighted by atomic mass is 16.4. The monoisotopic (exact) mass is 265 g/mol. The van der Waals surface area contributed by atoms with Gasteiger partial charge in [0, 0.05) is 5.69 Å². The second-order valence-corrected chi connectivity index (χ2v) is 4.05. The topological polar surface area (TPSA) is 136 Å². The molecule has 0 fully saturated rings. The molecule has 0 aromatic heterocycles. The predicted molar refractivity (Wildman–Crippen MR) is 67.9 cm³/mol. The predicted octanol–water partition coefficient (Wildman–Crippen LogP) is -0.744. The summed E-state index contributed by atoms with van der Waals surface area (Å²) in [5, 5.41) is 11.1. The Morgan fingerprint density at radius 3 is 2.53 bits per heavy atom. The number of nitrogens with two attached hydrogens (primary N) is 2. The lowest BCUT2D eigenvalue weighted by molar-refractivity contribution is -0.143. The molecule has 1 aromatic rings. The van der Waals surface area contributed by atoms with Crippen molar-refractivity contribution in [1.29, 1.82) is 0 Å². The molecule has 1 rings (SSSR count). The number of nitrogens with one attached hydrogen (secondary N) is 1. The van der Waals surface area contributed by atoms with Crippen molar-refractivity contribution >= 4 is 23.5 Å². The third-order valence-electron chi connectivity index (χ3n) is 2.35. The molecule has 0 saturated heterocycles. The summed E-state index contributed by atoms with van der Waals surface area (Å²) in [6.45, 7) is 0. The van der Waals surface area contributed by atoms with Gasteiger partial charge in [-0.25, -0.2) is 4.79 Å². The van der Waals surface area contributed by atoms with Crippen molar-refractivity contribution in [3.63, 3.8) is 0 Å². The molecular weight excluding hydrogens is 250 g/mol. The first-order chi connectivity index (χ1) is 8.88. The molecule has 0 heterocycles. The minimum atomic E-state index is -1.31. The number of hydrogen-bond acceptors (Lipinski definition) is 4. The van der Waals surface area contributed by atoms with E-state index in [4.69, 9.17) is 16.6 Å². The lowest BCUT2D eigenvalue weighted by atomic mass is 10.1. The lowest BCUT2D eigenvalue weighted by Gasteiger charge is -2.12. The second-order valence-electron chi connectivity index (χ2n) is 4.05. The van der Waals surface area contributed by atoms with Gasteiger partial charge < -0.3 is 21.9 Å². The second kappa shape index (κ2) is 6.39. The van der Waals surface area contributed by atoms with Crippen LogP contribution in [0.4, 0.5) is 5.69 Å². The molecule has 0 saturated carbocycles. The van der Waals surface area contributed by atoms with Crippen LogP contribution in [0.15, 0.2) is 24.3 Å². The molecule has 1 atom stereocenters. The number of carbonyl (C=O) groups excluding carboxylic acids is 2. The Bertz CT molecular complexity index is 502. The van der Waals surface area contributed by atoms with Crippen LogP contribution >= 0.6 is 0 Å². The van der Waals surface area contributed by atoms with Crippen LogP contribution in [0.2, 0.25) is 0 Å². The van der Waals surface area contributed by atoms with Gasteiger partial charge in [-0.3, -0.25) is 9.59 Å². The van der Waals surface area contributed by atoms with E-state index < -0.39 is 30.2 Å². The molecule has 0 unspecified atom stereocenters. The number of aliphatic carboxylic acids is 1. The first kappa shape index (κ1) is 14.5. The summed E-state index contributed by atoms with van der Waals surface area (Å²) < 4.78 is 0. The number of carboxylic acids is 1. The first-order valence-corrected chi connectivity index (χ1v) is 5.53. The number of benzene rings is 1. The van der Waals surface area contributed by atoms with Crippen LogP contribution in [0.3, 0.4) is 0 Å². The van der Waals surface area contributed by atoms with E-state index in [0.717, 1.165) is 0 Å². The van der Waals surface area contributed by atoms with Crippen molar-refractivity contribution in [3.8, 4) is 0 Å². The molecule has 1 aromatic carbocycles. The maximum absolute atomic E-state index is 11.7. The fourth-order valence-electron chi connectivity index (χ4n) is 1.54. The van der Waals surface area contributed by atoms with Crippen molar-refractivity contribution in [2.45, 2.75) is 18.9 Å². The number of carbonyl (C=O) groups is 3. The number of hydrogen-bond donors (Lipinski definition) is 4. The fraction of sp³-hybridized carbons (Fsp3) is 0.250. The standard InChI is InChI=1S/C12H15N3O4/c13-8-3-1-2-7(4-8)5-11(17)15-9(12(18)19)6-10(14)16/h1-4,9H,5-6,13H2,(H2,14,16)(H,15,17)(H,18,19)/t9-/m1/s1. The molecule has 0 aliphatic heterocycles. The van der Waals surface area contributed by atoms with Crippen molar-refractivity contribution in [2.75, 3.05) is 5.73 Å². The van der Waals surface area contributed by atoms with Crippen LogP contribution in [0, 0.1) is 0 Å². The number of carboxylic acid groups (broad SMARTS) is 1. The van der Waals surface area contributed by atoms with Crippen LogP contribution in [0.25, 0.3) is 0 Å². The summed E-state index contributed by atoms with van der Waals surface area (Å²) in [5.74, 6) is -2.62. The van der Waals surface area contributed by atoms with Gasteiger partial charge in [0.15, 0.2) is 0 Å². The first-order valence-electron chi connectivity index (χ1n) is 5.53. The largest absolute Gasteiger partial charge is 0.480 e. The van der Waals surface area contributed by atoms with Gasteiger partial charge >= 0.3 is 5.97 Å². The minimum absolute atomic E-state index is 0.0203. The zero-order chi connectivity index (χ0) is 14.4. The molecule has 0 spiro atoms. The van der Waals surface area contributed by atoms with E-state index >= 15 is 0 Å². The summed E-state index contributed by atoms with van der Waals surface area (Å²) in [6.07, 6.45) is -0.467. The number of anilines is 1. The Morgan fingerprint density at radius 1 is 1.32 bits per heavy atom. The number of primary amides is 1. The molecule has 7 heteroatoms. The number of amides is 2. The van der Waals surface area contributed by atoms with Crippen LogP contribution in [0.5, 0.6) is 0 Å². The number of nitrogen functional groups attached to an aromatic ring is 1. The lowest BCUT2D eigenvalue weighted by Crippen LogP contribution is -2.43. The SMILES string of the molecule is NC(=O)C[C@@H](NC(=O)Cc1cccc(N)c1)C(=O)O. The molecule has 102 valence electrons. The highest BCUT2D eigenvalue weighted by molar-refractivity contribution is 5.88. The third-order valence-corrected chi connectivity index (χ3v) is 2.35. The summed E-state index contributed by atoms with van der Waals surface area (Å²) in [6, 6.07) is 5.36. The molecule has 0 aliphatic carbocycles. The molecule has 0 bridgehead atoms. The van der Waals surface area contributed by atoms with Gasteiger partial charge in [-0.2, -0.15) is 0 Å². The van der Waals surface area contributed by atoms with E-state index in [-0.39, 0.29) is 6.42 Å². The van der Waals surface area contributed by atoms with Gasteiger partial charge in [0.2, 0.25) is 11.8 Å². The number of rotatable bonds is 6. The summed E-state index contributed by atoms with van der Waals surface area (Å²) in [7, 11) is 0. The van der Waals surface area contributed by atoms with E-state index in [1.165, 1.54) is 0 Å². The average molecular weight is 265 g/mol. The van der Waals surface area contributed by atoms with Gasteiger partial charge in [0.05, 0.1) is 12.8 Å². The van der Waals surface area contributed by atoms with E-state index in [9.17, 15) is 14.4 Å². The van der Waals surface area contributed by atoms with Gasteiger partial charge in [-0.15, -0.1) is 0 Å². The highest BCUT2D eigenvalue weighted by Crippen LogP contribution is 2.07. The molecule has 19 heavy (non-hydrogen) atoms. The van der Waals surface area contributed by atoms with Crippen molar-refractivity contribution in [2.24, 2.45) is 5.73 Å². The smallest absolute Gasteiger partial charge is 0.326 e. The Morgan fingerprint density at radius 2 is 2.00 bits per heavy atom.